The number of hydrogen-bond donors (Lipinski definition) is 0. The molecule has 166 valence electrons. The van der Waals surface area contributed by atoms with Crippen LogP contribution in [0.4, 0.5) is 5.69 Å². The van der Waals surface area contributed by atoms with E-state index in [0.717, 1.165) is 29.0 Å². The Labute approximate surface area is 196 Å². The van der Waals surface area contributed by atoms with Gasteiger partial charge < -0.3 is 0 Å². The van der Waals surface area contributed by atoms with E-state index < -0.39 is 16.5 Å². The molecule has 7 heteroatoms. The molecule has 0 unspecified atom stereocenters. The highest BCUT2D eigenvalue weighted by atomic mass is 16.6. The molecule has 0 bridgehead atoms. The smallest absolute Gasteiger partial charge is 0.278 e. The van der Waals surface area contributed by atoms with Crippen molar-refractivity contribution in [3.8, 4) is 0 Å². The maximum absolute atomic E-state index is 12.7. The van der Waals surface area contributed by atoms with Crippen molar-refractivity contribution in [2.24, 2.45) is 0 Å². The normalized spacial score (nSPS) is 16.0. The standard InChI is InChI=1S/C28H13NO6/c30-16-4-9-24(32)21(12-16)18-6-3-14-1-2-15-11-23(29(34)35)28(22-13-17(31)5-10-25(22)33)20-8-7-19(18)26(14)27(15)20/h1-13H. The number of nitrogens with zero attached hydrogens (tertiary/aromatic N) is 1. The van der Waals surface area contributed by atoms with Crippen molar-refractivity contribution >= 4 is 72.3 Å². The Hall–Kier alpha value is -5.04. The third kappa shape index (κ3) is 2.99. The van der Waals surface area contributed by atoms with Crippen molar-refractivity contribution in [3.63, 3.8) is 0 Å². The zero-order valence-electron chi connectivity index (χ0n) is 17.9. The minimum Gasteiger partial charge on any atom is -0.290 e. The number of benzene rings is 4. The van der Waals surface area contributed by atoms with Gasteiger partial charge in [-0.15, -0.1) is 0 Å². The quantitative estimate of drug-likeness (QED) is 0.190. The van der Waals surface area contributed by atoms with E-state index in [4.69, 9.17) is 0 Å². The highest BCUT2D eigenvalue weighted by Gasteiger charge is 2.29. The van der Waals surface area contributed by atoms with Crippen molar-refractivity contribution in [1.29, 1.82) is 0 Å². The first-order chi connectivity index (χ1) is 16.8. The fraction of sp³-hybridized carbons (Fsp3) is 0. The van der Waals surface area contributed by atoms with E-state index in [1.165, 1.54) is 24.3 Å². The summed E-state index contributed by atoms with van der Waals surface area (Å²) in [5.74, 6) is -1.50. The first-order valence-corrected chi connectivity index (χ1v) is 10.7. The SMILES string of the molecule is O=C1C=CC(=O)C(c2ccc3ccc4cc([N+](=O)[O-])c(C5=CC(=O)C=CC5=O)c5ccc2c3c45)=C1. The van der Waals surface area contributed by atoms with Gasteiger partial charge in [0.2, 0.25) is 0 Å². The summed E-state index contributed by atoms with van der Waals surface area (Å²) in [5, 5.41) is 16.0. The highest BCUT2D eigenvalue weighted by Crippen LogP contribution is 2.44. The third-order valence-corrected chi connectivity index (χ3v) is 6.42. The Morgan fingerprint density at radius 2 is 1.20 bits per heavy atom. The predicted molar refractivity (Wildman–Crippen MR) is 131 cm³/mol. The molecule has 6 rings (SSSR count). The van der Waals surface area contributed by atoms with E-state index in [1.807, 2.05) is 12.1 Å². The van der Waals surface area contributed by atoms with E-state index in [9.17, 15) is 29.3 Å². The summed E-state index contributed by atoms with van der Waals surface area (Å²) in [6, 6.07) is 12.0. The lowest BCUT2D eigenvalue weighted by Crippen LogP contribution is -2.09. The van der Waals surface area contributed by atoms with Crippen LogP contribution in [0.5, 0.6) is 0 Å². The zero-order chi connectivity index (χ0) is 24.4. The van der Waals surface area contributed by atoms with Crippen LogP contribution in [-0.2, 0) is 19.2 Å². The lowest BCUT2D eigenvalue weighted by molar-refractivity contribution is -0.384. The van der Waals surface area contributed by atoms with E-state index in [1.54, 1.807) is 24.3 Å². The van der Waals surface area contributed by atoms with Crippen LogP contribution < -0.4 is 0 Å². The molecule has 0 radical (unpaired) electrons. The number of nitro benzene ring substituents is 1. The molecule has 4 aromatic rings. The van der Waals surface area contributed by atoms with Crippen molar-refractivity contribution in [1.82, 2.24) is 0 Å². The molecule has 0 N–H and O–H groups in total. The molecule has 0 heterocycles. The molecule has 35 heavy (non-hydrogen) atoms. The van der Waals surface area contributed by atoms with Gasteiger partial charge in [-0.2, -0.15) is 0 Å². The summed E-state index contributed by atoms with van der Waals surface area (Å²) >= 11 is 0. The lowest BCUT2D eigenvalue weighted by Gasteiger charge is -2.18. The molecule has 0 atom stereocenters. The van der Waals surface area contributed by atoms with Crippen molar-refractivity contribution < 1.29 is 24.1 Å². The molecule has 0 amide bonds. The van der Waals surface area contributed by atoms with Crippen LogP contribution in [0.3, 0.4) is 0 Å². The van der Waals surface area contributed by atoms with Gasteiger partial charge in [0.15, 0.2) is 23.1 Å². The molecule has 0 saturated carbocycles. The van der Waals surface area contributed by atoms with Crippen LogP contribution in [0.2, 0.25) is 0 Å². The molecule has 0 fully saturated rings. The average molecular weight is 459 g/mol. The van der Waals surface area contributed by atoms with Gasteiger partial charge in [-0.3, -0.25) is 29.3 Å². The number of hydrogen-bond acceptors (Lipinski definition) is 6. The molecule has 2 aliphatic rings. The largest absolute Gasteiger partial charge is 0.290 e. The predicted octanol–water partition coefficient (Wildman–Crippen LogP) is 4.68. The van der Waals surface area contributed by atoms with Gasteiger partial charge in [-0.05, 0) is 74.3 Å². The Bertz CT molecular complexity index is 1830. The fourth-order valence-electron chi connectivity index (χ4n) is 4.95. The van der Waals surface area contributed by atoms with Crippen LogP contribution in [0.25, 0.3) is 43.5 Å². The maximum atomic E-state index is 12.7. The van der Waals surface area contributed by atoms with Crippen molar-refractivity contribution in [2.75, 3.05) is 0 Å². The van der Waals surface area contributed by atoms with Crippen LogP contribution in [0.15, 0.2) is 78.9 Å². The Balaban J connectivity index is 1.76. The lowest BCUT2D eigenvalue weighted by atomic mass is 9.84. The summed E-state index contributed by atoms with van der Waals surface area (Å²) in [5.41, 5.74) is 0.599. The van der Waals surface area contributed by atoms with E-state index in [0.29, 0.717) is 27.1 Å². The van der Waals surface area contributed by atoms with Gasteiger partial charge >= 0.3 is 0 Å². The molecular weight excluding hydrogens is 446 g/mol. The van der Waals surface area contributed by atoms with Gasteiger partial charge in [0.1, 0.15) is 0 Å². The third-order valence-electron chi connectivity index (χ3n) is 6.42. The minimum atomic E-state index is -0.560. The van der Waals surface area contributed by atoms with Gasteiger partial charge in [0.25, 0.3) is 5.69 Å². The molecule has 0 aliphatic heterocycles. The second-order valence-corrected chi connectivity index (χ2v) is 8.38. The number of carbonyl (C=O) groups is 4. The monoisotopic (exact) mass is 459 g/mol. The maximum Gasteiger partial charge on any atom is 0.278 e. The second-order valence-electron chi connectivity index (χ2n) is 8.38. The molecule has 7 nitrogen and oxygen atoms in total. The van der Waals surface area contributed by atoms with E-state index in [-0.39, 0.29) is 34.0 Å². The Kier molecular flexibility index (Phi) is 4.25. The number of ketones is 4. The van der Waals surface area contributed by atoms with Crippen LogP contribution >= 0.6 is 0 Å². The Morgan fingerprint density at radius 1 is 0.629 bits per heavy atom. The number of allylic oxidation sites excluding steroid dienone is 8. The number of rotatable bonds is 3. The molecule has 2 aliphatic carbocycles. The highest BCUT2D eigenvalue weighted by molar-refractivity contribution is 6.40. The van der Waals surface area contributed by atoms with Crippen LogP contribution in [0.1, 0.15) is 11.1 Å². The van der Waals surface area contributed by atoms with Gasteiger partial charge in [-0.25, -0.2) is 0 Å². The zero-order valence-corrected chi connectivity index (χ0v) is 17.9. The summed E-state index contributed by atoms with van der Waals surface area (Å²) in [6.45, 7) is 0. The van der Waals surface area contributed by atoms with Crippen LogP contribution in [0, 0.1) is 10.1 Å². The summed E-state index contributed by atoms with van der Waals surface area (Å²) in [6.07, 6.45) is 7.12. The Morgan fingerprint density at radius 3 is 1.91 bits per heavy atom. The summed E-state index contributed by atoms with van der Waals surface area (Å²) in [7, 11) is 0. The van der Waals surface area contributed by atoms with Gasteiger partial charge in [0.05, 0.1) is 10.5 Å². The second kappa shape index (κ2) is 7.23. The molecule has 0 spiro atoms. The molecule has 0 saturated heterocycles. The topological polar surface area (TPSA) is 111 Å². The van der Waals surface area contributed by atoms with Gasteiger partial charge in [0, 0.05) is 17.2 Å². The van der Waals surface area contributed by atoms with E-state index in [2.05, 4.69) is 0 Å². The number of nitro groups is 1. The van der Waals surface area contributed by atoms with Gasteiger partial charge in [-0.1, -0.05) is 36.4 Å². The minimum absolute atomic E-state index is 0.0386. The fourth-order valence-corrected chi connectivity index (χ4v) is 4.95. The summed E-state index contributed by atoms with van der Waals surface area (Å²) in [4.78, 5) is 60.8. The first-order valence-electron chi connectivity index (χ1n) is 10.7. The van der Waals surface area contributed by atoms with E-state index >= 15 is 0 Å². The molecule has 0 aromatic heterocycles. The first kappa shape index (κ1) is 20.6. The van der Waals surface area contributed by atoms with Crippen molar-refractivity contribution in [2.45, 2.75) is 0 Å². The van der Waals surface area contributed by atoms with Crippen LogP contribution in [-0.4, -0.2) is 28.1 Å². The molecular formula is C28H13NO6. The van der Waals surface area contributed by atoms with Crippen molar-refractivity contribution in [3.05, 3.63) is 100 Å². The molecule has 4 aromatic carbocycles. The summed E-state index contributed by atoms with van der Waals surface area (Å²) < 4.78 is 0. The number of carbonyl (C=O) groups excluding carboxylic acids is 4. The average Bonchev–Trinajstić information content (AvgIpc) is 2.85.